The normalized spacial score (nSPS) is 11.2. The van der Waals surface area contributed by atoms with E-state index in [0.717, 1.165) is 5.56 Å². The maximum atomic E-state index is 12.9. The van der Waals surface area contributed by atoms with Gasteiger partial charge in [0.15, 0.2) is 5.16 Å². The van der Waals surface area contributed by atoms with Crippen molar-refractivity contribution >= 4 is 34.3 Å². The summed E-state index contributed by atoms with van der Waals surface area (Å²) < 4.78 is 9.02. The number of thioether (sulfide) groups is 1. The zero-order chi connectivity index (χ0) is 23.4. The fourth-order valence-electron chi connectivity index (χ4n) is 3.38. The lowest BCUT2D eigenvalue weighted by molar-refractivity contribution is -0.118. The van der Waals surface area contributed by atoms with Gasteiger partial charge >= 0.3 is 0 Å². The fraction of sp³-hybridized carbons (Fsp3) is 0.261. The first-order valence-corrected chi connectivity index (χ1v) is 11.5. The van der Waals surface area contributed by atoms with Crippen LogP contribution >= 0.6 is 11.8 Å². The predicted octanol–water partition coefficient (Wildman–Crippen LogP) is 2.82. The molecule has 33 heavy (non-hydrogen) atoms. The minimum Gasteiger partial charge on any atom is -0.475 e. The second-order valence-electron chi connectivity index (χ2n) is 7.54. The number of fused-ring (bicyclic) bond motifs is 3. The van der Waals surface area contributed by atoms with Crippen molar-refractivity contribution in [1.82, 2.24) is 29.5 Å². The molecule has 0 atom stereocenters. The van der Waals surface area contributed by atoms with Gasteiger partial charge in [-0.3, -0.25) is 18.6 Å². The van der Waals surface area contributed by atoms with Gasteiger partial charge in [0, 0.05) is 24.8 Å². The molecule has 0 unspecified atom stereocenters. The summed E-state index contributed by atoms with van der Waals surface area (Å²) in [6.07, 6.45) is 3.28. The Balaban J connectivity index is 1.53. The molecule has 1 aromatic carbocycles. The van der Waals surface area contributed by atoms with Crippen molar-refractivity contribution < 1.29 is 9.53 Å². The molecule has 0 aliphatic carbocycles. The Bertz CT molecular complexity index is 1380. The van der Waals surface area contributed by atoms with Crippen molar-refractivity contribution in [2.75, 3.05) is 5.75 Å². The van der Waals surface area contributed by atoms with Crippen LogP contribution < -0.4 is 15.6 Å². The number of aromatic nitrogens is 5. The standard InChI is InChI=1S/C23H24N6O3S/c1-4-12-28-21(31)17-9-5-6-10-18(17)29-22(28)26-27-23(29)33-14-19(30)25-13-16-8-7-11-24-20(16)32-15(2)3/h4-11,15H,1,12-14H2,2-3H3,(H,25,30). The molecule has 0 aliphatic rings. The zero-order valence-corrected chi connectivity index (χ0v) is 19.2. The quantitative estimate of drug-likeness (QED) is 0.300. The third-order valence-corrected chi connectivity index (χ3v) is 5.72. The van der Waals surface area contributed by atoms with E-state index < -0.39 is 0 Å². The lowest BCUT2D eigenvalue weighted by atomic mass is 10.2. The number of ether oxygens (including phenoxy) is 1. The number of pyridine rings is 1. The van der Waals surface area contributed by atoms with E-state index in [-0.39, 0.29) is 23.3 Å². The number of benzene rings is 1. The molecule has 1 N–H and O–H groups in total. The number of rotatable bonds is 9. The fourth-order valence-corrected chi connectivity index (χ4v) is 4.15. The number of nitrogens with one attached hydrogen (secondary N) is 1. The first kappa shape index (κ1) is 22.5. The maximum Gasteiger partial charge on any atom is 0.263 e. The Kier molecular flexibility index (Phi) is 6.74. The van der Waals surface area contributed by atoms with Gasteiger partial charge in [0.1, 0.15) is 0 Å². The van der Waals surface area contributed by atoms with Gasteiger partial charge in [-0.15, -0.1) is 16.8 Å². The van der Waals surface area contributed by atoms with E-state index in [1.807, 2.05) is 38.1 Å². The molecule has 0 bridgehead atoms. The van der Waals surface area contributed by atoms with Crippen molar-refractivity contribution in [2.24, 2.45) is 0 Å². The summed E-state index contributed by atoms with van der Waals surface area (Å²) in [7, 11) is 0. The molecule has 0 aliphatic heterocycles. The average Bonchev–Trinajstić information content (AvgIpc) is 3.23. The zero-order valence-electron chi connectivity index (χ0n) is 18.4. The summed E-state index contributed by atoms with van der Waals surface area (Å²) >= 11 is 1.25. The topological polar surface area (TPSA) is 103 Å². The Labute approximate surface area is 194 Å². The van der Waals surface area contributed by atoms with Crippen LogP contribution in [0.5, 0.6) is 5.88 Å². The van der Waals surface area contributed by atoms with Gasteiger partial charge in [0.2, 0.25) is 17.6 Å². The number of para-hydroxylation sites is 1. The van der Waals surface area contributed by atoms with Crippen molar-refractivity contribution in [3.05, 3.63) is 71.2 Å². The summed E-state index contributed by atoms with van der Waals surface area (Å²) in [5, 5.41) is 12.4. The Morgan fingerprint density at radius 1 is 1.24 bits per heavy atom. The van der Waals surface area contributed by atoms with Crippen LogP contribution in [-0.2, 0) is 17.9 Å². The first-order valence-electron chi connectivity index (χ1n) is 10.5. The molecular weight excluding hydrogens is 440 g/mol. The van der Waals surface area contributed by atoms with E-state index in [9.17, 15) is 9.59 Å². The molecule has 170 valence electrons. The van der Waals surface area contributed by atoms with Crippen LogP contribution in [0.3, 0.4) is 0 Å². The monoisotopic (exact) mass is 464 g/mol. The summed E-state index contributed by atoms with van der Waals surface area (Å²) in [6.45, 7) is 8.19. The van der Waals surface area contributed by atoms with Gasteiger partial charge in [-0.1, -0.05) is 36.0 Å². The summed E-state index contributed by atoms with van der Waals surface area (Å²) in [4.78, 5) is 29.7. The number of carbonyl (C=O) groups is 1. The molecule has 1 amide bonds. The number of hydrogen-bond donors (Lipinski definition) is 1. The van der Waals surface area contributed by atoms with Crippen molar-refractivity contribution in [3.8, 4) is 5.88 Å². The highest BCUT2D eigenvalue weighted by Gasteiger charge is 2.17. The number of hydrogen-bond acceptors (Lipinski definition) is 7. The second-order valence-corrected chi connectivity index (χ2v) is 8.48. The molecule has 0 saturated heterocycles. The van der Waals surface area contributed by atoms with Crippen LogP contribution in [0.4, 0.5) is 0 Å². The number of nitrogens with zero attached hydrogens (tertiary/aromatic N) is 5. The Morgan fingerprint density at radius 3 is 2.85 bits per heavy atom. The highest BCUT2D eigenvalue weighted by atomic mass is 32.2. The molecule has 9 nitrogen and oxygen atoms in total. The van der Waals surface area contributed by atoms with E-state index in [1.165, 1.54) is 16.3 Å². The Hall–Kier alpha value is -3.66. The SMILES string of the molecule is C=CCn1c(=O)c2ccccc2n2c(SCC(=O)NCc3cccnc3OC(C)C)nnc12. The van der Waals surface area contributed by atoms with Gasteiger partial charge in [-0.05, 0) is 32.0 Å². The lowest BCUT2D eigenvalue weighted by Gasteiger charge is -2.13. The number of carbonyl (C=O) groups excluding carboxylic acids is 1. The van der Waals surface area contributed by atoms with E-state index in [1.54, 1.807) is 28.8 Å². The molecule has 4 rings (SSSR count). The van der Waals surface area contributed by atoms with Crippen LogP contribution in [0.2, 0.25) is 0 Å². The predicted molar refractivity (Wildman–Crippen MR) is 128 cm³/mol. The van der Waals surface area contributed by atoms with Crippen molar-refractivity contribution in [1.29, 1.82) is 0 Å². The van der Waals surface area contributed by atoms with Crippen LogP contribution in [-0.4, -0.2) is 41.9 Å². The van der Waals surface area contributed by atoms with Crippen LogP contribution in [0.25, 0.3) is 16.7 Å². The highest BCUT2D eigenvalue weighted by molar-refractivity contribution is 7.99. The van der Waals surface area contributed by atoms with Gasteiger partial charge in [0.05, 0.1) is 22.8 Å². The smallest absolute Gasteiger partial charge is 0.263 e. The van der Waals surface area contributed by atoms with Gasteiger partial charge < -0.3 is 10.1 Å². The summed E-state index contributed by atoms with van der Waals surface area (Å²) in [5.74, 6) is 0.888. The van der Waals surface area contributed by atoms with E-state index >= 15 is 0 Å². The average molecular weight is 465 g/mol. The molecule has 4 aromatic rings. The van der Waals surface area contributed by atoms with Crippen LogP contribution in [0.1, 0.15) is 19.4 Å². The molecule has 0 fully saturated rings. The van der Waals surface area contributed by atoms with Gasteiger partial charge in [-0.25, -0.2) is 4.98 Å². The molecule has 0 saturated carbocycles. The van der Waals surface area contributed by atoms with E-state index in [0.29, 0.717) is 40.8 Å². The molecular formula is C23H24N6O3S. The molecule has 10 heteroatoms. The minimum absolute atomic E-state index is 0.0144. The second kappa shape index (κ2) is 9.86. The maximum absolute atomic E-state index is 12.9. The largest absolute Gasteiger partial charge is 0.475 e. The lowest BCUT2D eigenvalue weighted by Crippen LogP contribution is -2.25. The van der Waals surface area contributed by atoms with Crippen molar-refractivity contribution in [3.63, 3.8) is 0 Å². The summed E-state index contributed by atoms with van der Waals surface area (Å²) in [5.41, 5.74) is 1.34. The van der Waals surface area contributed by atoms with Gasteiger partial charge in [-0.2, -0.15) is 0 Å². The first-order chi connectivity index (χ1) is 16.0. The number of amides is 1. The van der Waals surface area contributed by atoms with Gasteiger partial charge in [0.25, 0.3) is 5.56 Å². The van der Waals surface area contributed by atoms with Crippen LogP contribution in [0, 0.1) is 0 Å². The Morgan fingerprint density at radius 2 is 2.06 bits per heavy atom. The number of allylic oxidation sites excluding steroid dienone is 1. The third-order valence-electron chi connectivity index (χ3n) is 4.80. The van der Waals surface area contributed by atoms with E-state index in [4.69, 9.17) is 4.74 Å². The third kappa shape index (κ3) is 4.75. The molecule has 0 radical (unpaired) electrons. The molecule has 0 spiro atoms. The molecule has 3 heterocycles. The summed E-state index contributed by atoms with van der Waals surface area (Å²) in [6, 6.07) is 10.9. The minimum atomic E-state index is -0.167. The highest BCUT2D eigenvalue weighted by Crippen LogP contribution is 2.22. The van der Waals surface area contributed by atoms with Crippen LogP contribution in [0.15, 0.2) is 65.2 Å². The molecule has 3 aromatic heterocycles. The van der Waals surface area contributed by atoms with Crippen molar-refractivity contribution in [2.45, 2.75) is 38.2 Å². The van der Waals surface area contributed by atoms with E-state index in [2.05, 4.69) is 27.1 Å².